The molecule has 0 spiro atoms. The van der Waals surface area contributed by atoms with Crippen LogP contribution in [-0.4, -0.2) is 19.6 Å². The van der Waals surface area contributed by atoms with Gasteiger partial charge < -0.3 is 0 Å². The Morgan fingerprint density at radius 3 is 2.50 bits per heavy atom. The molecule has 2 aromatic carbocycles. The summed E-state index contributed by atoms with van der Waals surface area (Å²) in [5.41, 5.74) is 1.07. The maximum absolute atomic E-state index is 12.4. The SMILES string of the molecule is O=S(=O)(/N=C/c1ccc(Cl)cc1)c1cccc2cccnc12. The third kappa shape index (κ3) is 3.00. The van der Waals surface area contributed by atoms with Crippen LogP contribution in [-0.2, 0) is 10.0 Å². The van der Waals surface area contributed by atoms with E-state index in [1.54, 1.807) is 42.6 Å². The molecule has 0 aliphatic carbocycles. The Kier molecular flexibility index (Phi) is 3.92. The summed E-state index contributed by atoms with van der Waals surface area (Å²) in [5, 5.41) is 1.34. The molecule has 22 heavy (non-hydrogen) atoms. The number of aromatic nitrogens is 1. The molecule has 0 aliphatic heterocycles. The number of hydrogen-bond donors (Lipinski definition) is 0. The van der Waals surface area contributed by atoms with Crippen LogP contribution in [0.15, 0.2) is 70.1 Å². The number of rotatable bonds is 3. The minimum Gasteiger partial charge on any atom is -0.255 e. The number of para-hydroxylation sites is 1. The molecular formula is C16H11ClN2O2S. The Bertz CT molecular complexity index is 946. The lowest BCUT2D eigenvalue weighted by atomic mass is 10.2. The first-order valence-corrected chi connectivity index (χ1v) is 8.28. The molecule has 0 saturated heterocycles. The van der Waals surface area contributed by atoms with Gasteiger partial charge in [0.15, 0.2) is 0 Å². The maximum atomic E-state index is 12.4. The molecule has 0 aliphatic rings. The van der Waals surface area contributed by atoms with Gasteiger partial charge >= 0.3 is 0 Å². The fraction of sp³-hybridized carbons (Fsp3) is 0. The van der Waals surface area contributed by atoms with E-state index in [-0.39, 0.29) is 4.90 Å². The first kappa shape index (κ1) is 14.7. The third-order valence-corrected chi connectivity index (χ3v) is 4.60. The number of hydrogen-bond acceptors (Lipinski definition) is 3. The van der Waals surface area contributed by atoms with Crippen LogP contribution in [0.5, 0.6) is 0 Å². The van der Waals surface area contributed by atoms with Crippen molar-refractivity contribution in [3.05, 3.63) is 71.4 Å². The Labute approximate surface area is 133 Å². The largest absolute Gasteiger partial charge is 0.284 e. The van der Waals surface area contributed by atoms with E-state index < -0.39 is 10.0 Å². The van der Waals surface area contributed by atoms with Crippen molar-refractivity contribution in [3.8, 4) is 0 Å². The second kappa shape index (κ2) is 5.87. The lowest BCUT2D eigenvalue weighted by Gasteiger charge is -2.03. The fourth-order valence-corrected chi connectivity index (χ4v) is 3.19. The van der Waals surface area contributed by atoms with Crippen LogP contribution in [0.1, 0.15) is 5.56 Å². The maximum Gasteiger partial charge on any atom is 0.284 e. The summed E-state index contributed by atoms with van der Waals surface area (Å²) < 4.78 is 28.6. The van der Waals surface area contributed by atoms with Crippen LogP contribution < -0.4 is 0 Å². The van der Waals surface area contributed by atoms with Crippen LogP contribution in [0.3, 0.4) is 0 Å². The van der Waals surface area contributed by atoms with Crippen molar-refractivity contribution in [1.29, 1.82) is 0 Å². The van der Waals surface area contributed by atoms with E-state index in [2.05, 4.69) is 9.38 Å². The molecule has 0 fully saturated rings. The molecule has 0 saturated carbocycles. The van der Waals surface area contributed by atoms with Gasteiger partial charge in [0.05, 0.1) is 5.52 Å². The number of nitrogens with zero attached hydrogens (tertiary/aromatic N) is 2. The van der Waals surface area contributed by atoms with E-state index in [1.807, 2.05) is 12.1 Å². The predicted molar refractivity (Wildman–Crippen MR) is 88.0 cm³/mol. The summed E-state index contributed by atoms with van der Waals surface area (Å²) in [4.78, 5) is 4.24. The summed E-state index contributed by atoms with van der Waals surface area (Å²) in [6, 6.07) is 15.3. The van der Waals surface area contributed by atoms with Gasteiger partial charge in [-0.3, -0.25) is 4.98 Å². The zero-order valence-corrected chi connectivity index (χ0v) is 12.9. The van der Waals surface area contributed by atoms with Crippen molar-refractivity contribution in [2.24, 2.45) is 4.40 Å². The highest BCUT2D eigenvalue weighted by molar-refractivity contribution is 7.90. The van der Waals surface area contributed by atoms with Crippen molar-refractivity contribution in [2.45, 2.75) is 4.90 Å². The molecule has 0 atom stereocenters. The number of benzene rings is 2. The first-order chi connectivity index (χ1) is 10.6. The summed E-state index contributed by atoms with van der Waals surface area (Å²) in [6.45, 7) is 0. The van der Waals surface area contributed by atoms with Crippen LogP contribution in [0.25, 0.3) is 10.9 Å². The van der Waals surface area contributed by atoms with E-state index in [0.29, 0.717) is 16.1 Å². The lowest BCUT2D eigenvalue weighted by Crippen LogP contribution is -2.00. The highest BCUT2D eigenvalue weighted by atomic mass is 35.5. The normalized spacial score (nSPS) is 12.0. The van der Waals surface area contributed by atoms with Gasteiger partial charge in [0.25, 0.3) is 10.0 Å². The molecule has 0 amide bonds. The third-order valence-electron chi connectivity index (χ3n) is 3.08. The van der Waals surface area contributed by atoms with Crippen LogP contribution in [0, 0.1) is 0 Å². The smallest absolute Gasteiger partial charge is 0.255 e. The Balaban J connectivity index is 2.03. The summed E-state index contributed by atoms with van der Waals surface area (Å²) in [7, 11) is -3.82. The molecule has 1 aromatic heterocycles. The highest BCUT2D eigenvalue weighted by Crippen LogP contribution is 2.22. The van der Waals surface area contributed by atoms with Crippen LogP contribution in [0.4, 0.5) is 0 Å². The minimum atomic E-state index is -3.82. The summed E-state index contributed by atoms with van der Waals surface area (Å²) >= 11 is 5.79. The van der Waals surface area contributed by atoms with Crippen molar-refractivity contribution in [1.82, 2.24) is 4.98 Å². The van der Waals surface area contributed by atoms with Crippen molar-refractivity contribution in [2.75, 3.05) is 0 Å². The van der Waals surface area contributed by atoms with E-state index in [0.717, 1.165) is 5.39 Å². The number of sulfonamides is 1. The average Bonchev–Trinajstić information content (AvgIpc) is 2.54. The van der Waals surface area contributed by atoms with Gasteiger partial charge in [-0.2, -0.15) is 12.8 Å². The highest BCUT2D eigenvalue weighted by Gasteiger charge is 2.16. The van der Waals surface area contributed by atoms with E-state index in [9.17, 15) is 8.42 Å². The average molecular weight is 331 g/mol. The Morgan fingerprint density at radius 1 is 1.00 bits per heavy atom. The minimum absolute atomic E-state index is 0.0933. The predicted octanol–water partition coefficient (Wildman–Crippen LogP) is 3.70. The van der Waals surface area contributed by atoms with E-state index in [1.165, 1.54) is 12.3 Å². The zero-order valence-electron chi connectivity index (χ0n) is 11.3. The van der Waals surface area contributed by atoms with Gasteiger partial charge in [0.1, 0.15) is 4.90 Å². The molecule has 0 radical (unpaired) electrons. The lowest BCUT2D eigenvalue weighted by molar-refractivity contribution is 0.599. The van der Waals surface area contributed by atoms with Crippen molar-refractivity contribution < 1.29 is 8.42 Å². The molecule has 110 valence electrons. The first-order valence-electron chi connectivity index (χ1n) is 6.46. The molecule has 0 N–H and O–H groups in total. The van der Waals surface area contributed by atoms with Gasteiger partial charge in [-0.25, -0.2) is 0 Å². The van der Waals surface area contributed by atoms with Gasteiger partial charge in [-0.05, 0) is 29.8 Å². The Hall–Kier alpha value is -2.24. The van der Waals surface area contributed by atoms with Gasteiger partial charge in [-0.1, -0.05) is 41.9 Å². The van der Waals surface area contributed by atoms with Crippen LogP contribution >= 0.6 is 11.6 Å². The summed E-state index contributed by atoms with van der Waals surface area (Å²) in [6.07, 6.45) is 2.86. The number of fused-ring (bicyclic) bond motifs is 1. The van der Waals surface area contributed by atoms with Gasteiger partial charge in [0, 0.05) is 22.8 Å². The molecule has 0 unspecified atom stereocenters. The van der Waals surface area contributed by atoms with Crippen molar-refractivity contribution >= 4 is 38.7 Å². The molecule has 4 nitrogen and oxygen atoms in total. The number of halogens is 1. The summed E-state index contributed by atoms with van der Waals surface area (Å²) in [5.74, 6) is 0. The second-order valence-electron chi connectivity index (χ2n) is 4.59. The van der Waals surface area contributed by atoms with E-state index >= 15 is 0 Å². The quantitative estimate of drug-likeness (QED) is 0.688. The molecule has 1 heterocycles. The fourth-order valence-electron chi connectivity index (χ4n) is 2.02. The van der Waals surface area contributed by atoms with Crippen molar-refractivity contribution in [3.63, 3.8) is 0 Å². The molecule has 0 bridgehead atoms. The zero-order chi connectivity index (χ0) is 15.6. The Morgan fingerprint density at radius 2 is 1.73 bits per heavy atom. The molecule has 3 aromatic rings. The molecular weight excluding hydrogens is 320 g/mol. The standard InChI is InChI=1S/C16H11ClN2O2S/c17-14-8-6-12(7-9-14)11-19-22(20,21)15-5-1-3-13-4-2-10-18-16(13)15/h1-11H/b19-11+. The molecule has 6 heteroatoms. The monoisotopic (exact) mass is 330 g/mol. The number of pyridine rings is 1. The van der Waals surface area contributed by atoms with E-state index in [4.69, 9.17) is 11.6 Å². The van der Waals surface area contributed by atoms with Crippen LogP contribution in [0.2, 0.25) is 5.02 Å². The van der Waals surface area contributed by atoms with Gasteiger partial charge in [-0.15, -0.1) is 0 Å². The second-order valence-corrected chi connectivity index (χ2v) is 6.63. The van der Waals surface area contributed by atoms with Gasteiger partial charge in [0.2, 0.25) is 0 Å². The topological polar surface area (TPSA) is 59.4 Å². The molecule has 3 rings (SSSR count).